The predicted molar refractivity (Wildman–Crippen MR) is 56.1 cm³/mol. The van der Waals surface area contributed by atoms with Gasteiger partial charge in [0.25, 0.3) is 0 Å². The molecule has 0 unspecified atom stereocenters. The summed E-state index contributed by atoms with van der Waals surface area (Å²) in [5, 5.41) is 0.515. The molecule has 0 aliphatic heterocycles. The van der Waals surface area contributed by atoms with Gasteiger partial charge in [0.05, 0.1) is 0 Å². The second-order valence-corrected chi connectivity index (χ2v) is 4.93. The van der Waals surface area contributed by atoms with E-state index in [1.54, 1.807) is 0 Å². The predicted octanol–water partition coefficient (Wildman–Crippen LogP) is 3.77. The van der Waals surface area contributed by atoms with Crippen molar-refractivity contribution < 1.29 is 3.63 Å². The van der Waals surface area contributed by atoms with E-state index >= 15 is 0 Å². The first-order chi connectivity index (χ1) is 5.79. The minimum Gasteiger partial charge on any atom is -0.242 e. The molecule has 0 bridgehead atoms. The number of hydrogen-bond acceptors (Lipinski definition) is 3. The highest BCUT2D eigenvalue weighted by Crippen LogP contribution is 2.26. The van der Waals surface area contributed by atoms with E-state index in [0.29, 0.717) is 5.25 Å². The molecular weight excluding hydrogens is 188 g/mol. The van der Waals surface area contributed by atoms with Crippen LogP contribution in [0.3, 0.4) is 0 Å². The Morgan fingerprint density at radius 2 is 1.83 bits per heavy atom. The molecule has 0 aliphatic rings. The third-order valence-electron chi connectivity index (χ3n) is 1.11. The zero-order chi connectivity index (χ0) is 8.81. The molecule has 0 fully saturated rings. The van der Waals surface area contributed by atoms with Crippen molar-refractivity contribution in [3.8, 4) is 0 Å². The lowest BCUT2D eigenvalue weighted by Crippen LogP contribution is -1.84. The molecule has 1 rings (SSSR count). The van der Waals surface area contributed by atoms with Gasteiger partial charge in [0.2, 0.25) is 0 Å². The van der Waals surface area contributed by atoms with Gasteiger partial charge in [0.15, 0.2) is 0 Å². The van der Waals surface area contributed by atoms with Gasteiger partial charge in [-0.25, -0.2) is 3.63 Å². The third kappa shape index (κ3) is 4.04. The van der Waals surface area contributed by atoms with Crippen molar-refractivity contribution in [1.29, 1.82) is 0 Å². The van der Waals surface area contributed by atoms with Crippen LogP contribution in [0, 0.1) is 0 Å². The molecule has 66 valence electrons. The Kier molecular flexibility index (Phi) is 4.58. The van der Waals surface area contributed by atoms with Crippen LogP contribution in [0.1, 0.15) is 13.8 Å². The number of rotatable bonds is 4. The van der Waals surface area contributed by atoms with Crippen LogP contribution >= 0.6 is 24.1 Å². The Bertz CT molecular complexity index is 211. The van der Waals surface area contributed by atoms with Crippen LogP contribution in [-0.2, 0) is 3.63 Å². The van der Waals surface area contributed by atoms with Crippen LogP contribution in [0.15, 0.2) is 35.2 Å². The van der Waals surface area contributed by atoms with Gasteiger partial charge in [-0.3, -0.25) is 0 Å². The van der Waals surface area contributed by atoms with E-state index in [1.807, 2.05) is 30.3 Å². The van der Waals surface area contributed by atoms with Gasteiger partial charge < -0.3 is 0 Å². The van der Waals surface area contributed by atoms with Gasteiger partial charge >= 0.3 is 0 Å². The average Bonchev–Trinajstić information content (AvgIpc) is 2.05. The zero-order valence-corrected chi connectivity index (χ0v) is 8.82. The summed E-state index contributed by atoms with van der Waals surface area (Å²) < 4.78 is 5.31. The maximum atomic E-state index is 5.31. The van der Waals surface area contributed by atoms with Crippen LogP contribution in [0.4, 0.5) is 0 Å². The Labute approximate surface area is 82.3 Å². The van der Waals surface area contributed by atoms with Gasteiger partial charge in [-0.15, -0.1) is 0 Å². The largest absolute Gasteiger partial charge is 0.242 e. The average molecular weight is 200 g/mol. The van der Waals surface area contributed by atoms with Crippen molar-refractivity contribution in [2.24, 2.45) is 0 Å². The van der Waals surface area contributed by atoms with Crippen LogP contribution in [-0.4, -0.2) is 5.25 Å². The molecule has 1 aromatic carbocycles. The molecule has 0 saturated heterocycles. The zero-order valence-electron chi connectivity index (χ0n) is 7.19. The fourth-order valence-electron chi connectivity index (χ4n) is 0.614. The van der Waals surface area contributed by atoms with E-state index in [-0.39, 0.29) is 0 Å². The maximum Gasteiger partial charge on any atom is 0.0443 e. The Morgan fingerprint density at radius 1 is 1.17 bits per heavy atom. The maximum absolute atomic E-state index is 5.31. The first-order valence-electron chi connectivity index (χ1n) is 3.84. The number of benzene rings is 1. The molecule has 0 aromatic heterocycles. The first kappa shape index (κ1) is 9.96. The molecular formula is C9H12OS2. The smallest absolute Gasteiger partial charge is 0.0443 e. The normalized spacial score (nSPS) is 10.6. The molecule has 0 amide bonds. The molecule has 0 atom stereocenters. The summed E-state index contributed by atoms with van der Waals surface area (Å²) in [5.41, 5.74) is 0. The van der Waals surface area contributed by atoms with Gasteiger partial charge in [0, 0.05) is 34.2 Å². The standard InChI is InChI=1S/C9H12OS2/c1-8(2)11-10-12-9-6-4-3-5-7-9/h3-8H,1-2H3. The van der Waals surface area contributed by atoms with E-state index in [9.17, 15) is 0 Å². The van der Waals surface area contributed by atoms with Crippen molar-refractivity contribution in [2.75, 3.05) is 0 Å². The minimum atomic E-state index is 0.515. The van der Waals surface area contributed by atoms with E-state index < -0.39 is 0 Å². The summed E-state index contributed by atoms with van der Waals surface area (Å²) in [6.45, 7) is 4.21. The molecule has 0 N–H and O–H groups in total. The van der Waals surface area contributed by atoms with Crippen molar-refractivity contribution in [1.82, 2.24) is 0 Å². The van der Waals surface area contributed by atoms with E-state index in [0.717, 1.165) is 4.90 Å². The minimum absolute atomic E-state index is 0.515. The topological polar surface area (TPSA) is 9.23 Å². The summed E-state index contributed by atoms with van der Waals surface area (Å²) in [4.78, 5) is 1.14. The molecule has 0 saturated carbocycles. The highest BCUT2D eigenvalue weighted by molar-refractivity contribution is 8.08. The summed E-state index contributed by atoms with van der Waals surface area (Å²) in [6.07, 6.45) is 0. The van der Waals surface area contributed by atoms with Crippen LogP contribution < -0.4 is 0 Å². The first-order valence-corrected chi connectivity index (χ1v) is 5.38. The lowest BCUT2D eigenvalue weighted by molar-refractivity contribution is 0.745. The second kappa shape index (κ2) is 5.51. The lowest BCUT2D eigenvalue weighted by atomic mass is 10.4. The Morgan fingerprint density at radius 3 is 2.42 bits per heavy atom. The fraction of sp³-hybridized carbons (Fsp3) is 0.333. The van der Waals surface area contributed by atoms with Crippen molar-refractivity contribution >= 4 is 24.1 Å². The SMILES string of the molecule is CC(C)SOSc1ccccc1. The van der Waals surface area contributed by atoms with Crippen LogP contribution in [0.25, 0.3) is 0 Å². The highest BCUT2D eigenvalue weighted by Gasteiger charge is 1.96. The molecule has 0 spiro atoms. The van der Waals surface area contributed by atoms with Gasteiger partial charge in [0.1, 0.15) is 0 Å². The molecule has 1 aromatic rings. The van der Waals surface area contributed by atoms with Crippen LogP contribution in [0.5, 0.6) is 0 Å². The van der Waals surface area contributed by atoms with Crippen molar-refractivity contribution in [3.05, 3.63) is 30.3 Å². The third-order valence-corrected chi connectivity index (χ3v) is 2.54. The second-order valence-electron chi connectivity index (χ2n) is 2.61. The molecule has 0 heterocycles. The van der Waals surface area contributed by atoms with Gasteiger partial charge in [-0.2, -0.15) is 0 Å². The molecule has 3 heteroatoms. The Balaban J connectivity index is 2.25. The molecule has 12 heavy (non-hydrogen) atoms. The molecule has 0 aliphatic carbocycles. The summed E-state index contributed by atoms with van der Waals surface area (Å²) >= 11 is 2.90. The molecule has 1 nitrogen and oxygen atoms in total. The van der Waals surface area contributed by atoms with E-state index in [2.05, 4.69) is 13.8 Å². The quantitative estimate of drug-likeness (QED) is 0.685. The number of hydrogen-bond donors (Lipinski definition) is 0. The highest BCUT2D eigenvalue weighted by atomic mass is 32.2. The lowest BCUT2D eigenvalue weighted by Gasteiger charge is -2.02. The Hall–Kier alpha value is -0.120. The van der Waals surface area contributed by atoms with Crippen LogP contribution in [0.2, 0.25) is 0 Å². The summed E-state index contributed by atoms with van der Waals surface area (Å²) in [7, 11) is 0. The molecule has 0 radical (unpaired) electrons. The van der Waals surface area contributed by atoms with Crippen molar-refractivity contribution in [2.45, 2.75) is 24.0 Å². The van der Waals surface area contributed by atoms with Gasteiger partial charge in [-0.05, 0) is 12.1 Å². The van der Waals surface area contributed by atoms with Gasteiger partial charge in [-0.1, -0.05) is 32.0 Å². The fourth-order valence-corrected chi connectivity index (χ4v) is 1.98. The van der Waals surface area contributed by atoms with Crippen molar-refractivity contribution in [3.63, 3.8) is 0 Å². The summed E-state index contributed by atoms with van der Waals surface area (Å²) in [5.74, 6) is 0. The monoisotopic (exact) mass is 200 g/mol. The van der Waals surface area contributed by atoms with E-state index in [4.69, 9.17) is 3.63 Å². The summed E-state index contributed by atoms with van der Waals surface area (Å²) in [6, 6.07) is 10.1. The van der Waals surface area contributed by atoms with E-state index in [1.165, 1.54) is 24.1 Å².